The second-order valence-electron chi connectivity index (χ2n) is 5.18. The number of rotatable bonds is 5. The number of urea groups is 1. The number of carbonyl (C=O) groups is 1. The van der Waals surface area contributed by atoms with Crippen LogP contribution in [0.15, 0.2) is 18.2 Å². The summed E-state index contributed by atoms with van der Waals surface area (Å²) in [6.07, 6.45) is 1.91. The lowest BCUT2D eigenvalue weighted by molar-refractivity contribution is 0.120. The van der Waals surface area contributed by atoms with Crippen molar-refractivity contribution in [2.45, 2.75) is 18.4 Å². The number of nitrogens with one attached hydrogen (secondary N) is 3. The average Bonchev–Trinajstić information content (AvgIpc) is 2.89. The van der Waals surface area contributed by atoms with Gasteiger partial charge in [0, 0.05) is 19.7 Å². The molecule has 1 aromatic rings. The maximum atomic E-state index is 13.4. The minimum absolute atomic E-state index is 0.0610. The fraction of sp³-hybridized carbons (Fsp3) is 0.500. The minimum Gasteiger partial charge on any atom is -0.383 e. The van der Waals surface area contributed by atoms with Crippen molar-refractivity contribution in [3.8, 4) is 0 Å². The summed E-state index contributed by atoms with van der Waals surface area (Å²) in [5, 5.41) is 8.37. The number of anilines is 1. The van der Waals surface area contributed by atoms with Crippen LogP contribution >= 0.6 is 0 Å². The summed E-state index contributed by atoms with van der Waals surface area (Å²) in [6, 6.07) is 2.46. The van der Waals surface area contributed by atoms with Crippen LogP contribution in [0.3, 0.4) is 0 Å². The fourth-order valence-corrected chi connectivity index (χ4v) is 2.48. The third kappa shape index (κ3) is 4.12. The number of benzene rings is 1. The van der Waals surface area contributed by atoms with Crippen LogP contribution in [0, 0.1) is 11.6 Å². The van der Waals surface area contributed by atoms with Crippen molar-refractivity contribution in [3.05, 3.63) is 29.8 Å². The van der Waals surface area contributed by atoms with E-state index >= 15 is 0 Å². The Hall–Kier alpha value is -1.73. The molecule has 1 atom stereocenters. The second-order valence-corrected chi connectivity index (χ2v) is 5.18. The molecule has 1 fully saturated rings. The van der Waals surface area contributed by atoms with Crippen LogP contribution < -0.4 is 16.0 Å². The van der Waals surface area contributed by atoms with E-state index in [4.69, 9.17) is 4.74 Å². The maximum absolute atomic E-state index is 13.4. The zero-order valence-electron chi connectivity index (χ0n) is 11.8. The quantitative estimate of drug-likeness (QED) is 0.777. The Morgan fingerprint density at radius 3 is 2.90 bits per heavy atom. The highest BCUT2D eigenvalue weighted by Gasteiger charge is 2.33. The van der Waals surface area contributed by atoms with Crippen LogP contribution in [0.4, 0.5) is 19.3 Å². The van der Waals surface area contributed by atoms with E-state index in [0.717, 1.165) is 31.5 Å². The third-order valence-electron chi connectivity index (χ3n) is 3.52. The highest BCUT2D eigenvalue weighted by Crippen LogP contribution is 2.19. The summed E-state index contributed by atoms with van der Waals surface area (Å²) in [6.45, 7) is 1.73. The van der Waals surface area contributed by atoms with E-state index < -0.39 is 17.7 Å². The normalized spacial score (nSPS) is 21.3. The number of ether oxygens (including phenoxy) is 1. The molecule has 0 saturated carbocycles. The molecular weight excluding hydrogens is 280 g/mol. The van der Waals surface area contributed by atoms with Gasteiger partial charge >= 0.3 is 6.03 Å². The van der Waals surface area contributed by atoms with Gasteiger partial charge in [-0.2, -0.15) is 0 Å². The number of halogens is 2. The van der Waals surface area contributed by atoms with E-state index in [1.165, 1.54) is 6.07 Å². The molecule has 2 rings (SSSR count). The first-order valence-electron chi connectivity index (χ1n) is 6.78. The topological polar surface area (TPSA) is 62.4 Å². The van der Waals surface area contributed by atoms with Crippen molar-refractivity contribution in [1.82, 2.24) is 10.6 Å². The summed E-state index contributed by atoms with van der Waals surface area (Å²) in [4.78, 5) is 11.8. The van der Waals surface area contributed by atoms with Crippen molar-refractivity contribution in [3.63, 3.8) is 0 Å². The number of hydrogen-bond donors (Lipinski definition) is 3. The van der Waals surface area contributed by atoms with Gasteiger partial charge in [-0.3, -0.25) is 0 Å². The molecule has 0 aromatic heterocycles. The van der Waals surface area contributed by atoms with Crippen molar-refractivity contribution < 1.29 is 18.3 Å². The fourth-order valence-electron chi connectivity index (χ4n) is 2.48. The van der Waals surface area contributed by atoms with Crippen molar-refractivity contribution in [1.29, 1.82) is 0 Å². The Labute approximate surface area is 122 Å². The van der Waals surface area contributed by atoms with Crippen LogP contribution in [0.5, 0.6) is 0 Å². The molecule has 0 aliphatic carbocycles. The Bertz CT molecular complexity index is 505. The molecular formula is C14H19F2N3O2. The number of hydrogen-bond acceptors (Lipinski definition) is 3. The molecule has 5 nitrogen and oxygen atoms in total. The number of carbonyl (C=O) groups excluding carboxylic acids is 1. The molecule has 0 radical (unpaired) electrons. The number of methoxy groups -OCH3 is 1. The summed E-state index contributed by atoms with van der Waals surface area (Å²) >= 11 is 0. The van der Waals surface area contributed by atoms with E-state index in [-0.39, 0.29) is 11.2 Å². The van der Waals surface area contributed by atoms with Crippen molar-refractivity contribution in [2.75, 3.05) is 32.1 Å². The van der Waals surface area contributed by atoms with Crippen molar-refractivity contribution in [2.24, 2.45) is 0 Å². The van der Waals surface area contributed by atoms with Crippen LogP contribution in [0.25, 0.3) is 0 Å². The molecule has 1 saturated heterocycles. The minimum atomic E-state index is -0.809. The molecule has 116 valence electrons. The Morgan fingerprint density at radius 2 is 2.29 bits per heavy atom. The first-order chi connectivity index (χ1) is 10.0. The molecule has 1 aliphatic rings. The summed E-state index contributed by atoms with van der Waals surface area (Å²) in [5.74, 6) is -1.50. The summed E-state index contributed by atoms with van der Waals surface area (Å²) < 4.78 is 31.4. The van der Waals surface area contributed by atoms with Gasteiger partial charge in [-0.05, 0) is 31.5 Å². The highest BCUT2D eigenvalue weighted by molar-refractivity contribution is 5.89. The molecule has 1 heterocycles. The Morgan fingerprint density at radius 1 is 1.48 bits per heavy atom. The average molecular weight is 299 g/mol. The van der Waals surface area contributed by atoms with Gasteiger partial charge in [-0.25, -0.2) is 13.6 Å². The largest absolute Gasteiger partial charge is 0.383 e. The van der Waals surface area contributed by atoms with Gasteiger partial charge in [0.15, 0.2) is 0 Å². The van der Waals surface area contributed by atoms with E-state index in [1.807, 2.05) is 0 Å². The van der Waals surface area contributed by atoms with E-state index in [1.54, 1.807) is 7.11 Å². The molecule has 0 spiro atoms. The van der Waals surface area contributed by atoms with Crippen LogP contribution in [-0.4, -0.2) is 38.4 Å². The smallest absolute Gasteiger partial charge is 0.319 e. The van der Waals surface area contributed by atoms with Crippen LogP contribution in [-0.2, 0) is 4.74 Å². The van der Waals surface area contributed by atoms with Crippen molar-refractivity contribution >= 4 is 11.7 Å². The van der Waals surface area contributed by atoms with Gasteiger partial charge in [0.25, 0.3) is 0 Å². The lowest BCUT2D eigenvalue weighted by Gasteiger charge is -2.28. The van der Waals surface area contributed by atoms with E-state index in [0.29, 0.717) is 13.2 Å². The van der Waals surface area contributed by atoms with Gasteiger partial charge < -0.3 is 20.7 Å². The Kier molecular flexibility index (Phi) is 5.08. The van der Waals surface area contributed by atoms with E-state index in [2.05, 4.69) is 16.0 Å². The van der Waals surface area contributed by atoms with Crippen LogP contribution in [0.1, 0.15) is 12.8 Å². The molecule has 1 aromatic carbocycles. The SMILES string of the molecule is COCC1(CNC(=O)Nc2ccc(F)cc2F)CCCN1. The van der Waals surface area contributed by atoms with Gasteiger partial charge in [-0.1, -0.05) is 0 Å². The predicted octanol–water partition coefficient (Wildman–Crippen LogP) is 1.85. The summed E-state index contributed by atoms with van der Waals surface area (Å²) in [7, 11) is 1.61. The molecule has 7 heteroatoms. The summed E-state index contributed by atoms with van der Waals surface area (Å²) in [5.41, 5.74) is -0.345. The molecule has 3 N–H and O–H groups in total. The molecule has 2 amide bonds. The van der Waals surface area contributed by atoms with Gasteiger partial charge in [0.1, 0.15) is 11.6 Å². The zero-order chi connectivity index (χ0) is 15.3. The standard InChI is InChI=1S/C14H19F2N3O2/c1-21-9-14(5-2-6-18-14)8-17-13(20)19-12-4-3-10(15)7-11(12)16/h3-4,7,18H,2,5-6,8-9H2,1H3,(H2,17,19,20). The van der Waals surface area contributed by atoms with Gasteiger partial charge in [0.2, 0.25) is 0 Å². The van der Waals surface area contributed by atoms with Gasteiger partial charge in [0.05, 0.1) is 17.8 Å². The second kappa shape index (κ2) is 6.82. The monoisotopic (exact) mass is 299 g/mol. The zero-order valence-corrected chi connectivity index (χ0v) is 11.8. The molecule has 21 heavy (non-hydrogen) atoms. The first-order valence-corrected chi connectivity index (χ1v) is 6.78. The molecule has 1 unspecified atom stereocenters. The number of amides is 2. The van der Waals surface area contributed by atoms with E-state index in [9.17, 15) is 13.6 Å². The lowest BCUT2D eigenvalue weighted by atomic mass is 9.99. The maximum Gasteiger partial charge on any atom is 0.319 e. The highest BCUT2D eigenvalue weighted by atomic mass is 19.1. The molecule has 0 bridgehead atoms. The van der Waals surface area contributed by atoms with Gasteiger partial charge in [-0.15, -0.1) is 0 Å². The predicted molar refractivity (Wildman–Crippen MR) is 75.2 cm³/mol. The third-order valence-corrected chi connectivity index (χ3v) is 3.52. The lowest BCUT2D eigenvalue weighted by Crippen LogP contribution is -2.53. The van der Waals surface area contributed by atoms with Crippen LogP contribution in [0.2, 0.25) is 0 Å². The Balaban J connectivity index is 1.89. The molecule has 1 aliphatic heterocycles. The first kappa shape index (κ1) is 15.7.